The Labute approximate surface area is 261 Å². The maximum Gasteiger partial charge on any atom is 0.573 e. The number of alkyl halides is 3. The van der Waals surface area contributed by atoms with E-state index in [1.807, 2.05) is 66.3 Å². The van der Waals surface area contributed by atoms with Crippen LogP contribution in [0.1, 0.15) is 49.6 Å². The van der Waals surface area contributed by atoms with Crippen molar-refractivity contribution in [1.29, 1.82) is 0 Å². The summed E-state index contributed by atoms with van der Waals surface area (Å²) < 4.78 is 50.1. The highest BCUT2D eigenvalue weighted by Crippen LogP contribution is 2.28. The number of hydrogen-bond acceptors (Lipinski definition) is 6. The molecule has 0 aliphatic heterocycles. The summed E-state index contributed by atoms with van der Waals surface area (Å²) >= 11 is 1.39. The number of carbonyl (C=O) groups is 1. The summed E-state index contributed by atoms with van der Waals surface area (Å²) in [7, 11) is 1.64. The van der Waals surface area contributed by atoms with E-state index in [1.165, 1.54) is 46.6 Å². The SMILES string of the molecule is COc1ccc(-n2c(C)csc2=NC(=O)NC(C)c2ccc(-c3ncn(-c4ccc(OC(F)(F)F)cc4)n3)cc2)c(C(C)C)c1. The number of methoxy groups -OCH3 is 1. The third-order valence-corrected chi connectivity index (χ3v) is 7.95. The summed E-state index contributed by atoms with van der Waals surface area (Å²) in [5.41, 5.74) is 5.10. The Hall–Kier alpha value is -4.91. The minimum Gasteiger partial charge on any atom is -0.497 e. The van der Waals surface area contributed by atoms with Crippen molar-refractivity contribution in [2.24, 2.45) is 4.99 Å². The standard InChI is InChI=1S/C32H31F3N6O3S/c1-19(2)27-16-26(43-5)14-15-28(27)41-20(3)17-45-31(41)38-30(42)37-21(4)22-6-8-23(9-7-22)29-36-18-40(39-29)24-10-12-25(13-11-24)44-32(33,34)35/h6-19,21H,1-5H3,(H,37,42). The molecule has 0 fully saturated rings. The van der Waals surface area contributed by atoms with Gasteiger partial charge >= 0.3 is 12.4 Å². The van der Waals surface area contributed by atoms with Gasteiger partial charge in [0.1, 0.15) is 17.8 Å². The Balaban J connectivity index is 1.29. The zero-order valence-corrected chi connectivity index (χ0v) is 26.0. The molecule has 1 unspecified atom stereocenters. The molecule has 5 rings (SSSR count). The minimum absolute atomic E-state index is 0.226. The van der Waals surface area contributed by atoms with E-state index in [0.717, 1.165) is 33.8 Å². The van der Waals surface area contributed by atoms with Gasteiger partial charge in [-0.25, -0.2) is 14.5 Å². The number of ether oxygens (including phenoxy) is 2. The topological polar surface area (TPSA) is 95.6 Å². The summed E-state index contributed by atoms with van der Waals surface area (Å²) in [6.07, 6.45) is -3.29. The minimum atomic E-state index is -4.76. The number of benzene rings is 3. The number of nitrogens with one attached hydrogen (secondary N) is 1. The van der Waals surface area contributed by atoms with Crippen molar-refractivity contribution in [1.82, 2.24) is 24.6 Å². The highest BCUT2D eigenvalue weighted by Gasteiger charge is 2.31. The molecule has 3 aromatic carbocycles. The van der Waals surface area contributed by atoms with Gasteiger partial charge in [0.25, 0.3) is 0 Å². The first-order chi connectivity index (χ1) is 21.4. The lowest BCUT2D eigenvalue weighted by Gasteiger charge is -2.17. The summed E-state index contributed by atoms with van der Waals surface area (Å²) in [5.74, 6) is 1.10. The van der Waals surface area contributed by atoms with Gasteiger partial charge in [-0.05, 0) is 73.4 Å². The Morgan fingerprint density at radius 3 is 2.33 bits per heavy atom. The second-order valence-corrected chi connectivity index (χ2v) is 11.4. The van der Waals surface area contributed by atoms with Gasteiger partial charge < -0.3 is 14.8 Å². The van der Waals surface area contributed by atoms with Crippen molar-refractivity contribution >= 4 is 17.4 Å². The van der Waals surface area contributed by atoms with Crippen molar-refractivity contribution in [3.05, 3.63) is 100 Å². The van der Waals surface area contributed by atoms with Gasteiger partial charge in [0, 0.05) is 16.6 Å². The molecule has 0 aliphatic carbocycles. The maximum absolute atomic E-state index is 13.0. The predicted octanol–water partition coefficient (Wildman–Crippen LogP) is 7.50. The molecule has 2 aromatic heterocycles. The molecule has 234 valence electrons. The Morgan fingerprint density at radius 1 is 1.00 bits per heavy atom. The molecule has 1 N–H and O–H groups in total. The largest absolute Gasteiger partial charge is 0.573 e. The highest BCUT2D eigenvalue weighted by molar-refractivity contribution is 7.07. The van der Waals surface area contributed by atoms with Crippen LogP contribution in [0.2, 0.25) is 0 Å². The fourth-order valence-corrected chi connectivity index (χ4v) is 5.58. The fourth-order valence-electron chi connectivity index (χ4n) is 4.72. The molecule has 45 heavy (non-hydrogen) atoms. The first-order valence-corrected chi connectivity index (χ1v) is 14.9. The zero-order chi connectivity index (χ0) is 32.3. The Bertz CT molecular complexity index is 1860. The van der Waals surface area contributed by atoms with E-state index in [0.29, 0.717) is 16.3 Å². The van der Waals surface area contributed by atoms with Gasteiger partial charge in [-0.3, -0.25) is 4.57 Å². The monoisotopic (exact) mass is 636 g/mol. The fraction of sp³-hybridized carbons (Fsp3) is 0.250. The van der Waals surface area contributed by atoms with Crippen LogP contribution in [0, 0.1) is 6.92 Å². The van der Waals surface area contributed by atoms with Crippen molar-refractivity contribution in [3.63, 3.8) is 0 Å². The van der Waals surface area contributed by atoms with Crippen molar-refractivity contribution in [2.45, 2.75) is 46.0 Å². The van der Waals surface area contributed by atoms with Gasteiger partial charge in [-0.2, -0.15) is 4.99 Å². The number of amides is 2. The molecule has 0 saturated carbocycles. The second kappa shape index (κ2) is 13.0. The van der Waals surface area contributed by atoms with Crippen LogP contribution in [0.15, 0.2) is 83.4 Å². The molecule has 0 bridgehead atoms. The van der Waals surface area contributed by atoms with Gasteiger partial charge in [0.15, 0.2) is 10.6 Å². The molecule has 5 aromatic rings. The van der Waals surface area contributed by atoms with Crippen LogP contribution in [0.4, 0.5) is 18.0 Å². The molecule has 0 saturated heterocycles. The summed E-state index contributed by atoms with van der Waals surface area (Å²) in [6.45, 7) is 8.07. The quantitative estimate of drug-likeness (QED) is 0.190. The maximum atomic E-state index is 13.0. The molecule has 9 nitrogen and oxygen atoms in total. The summed E-state index contributed by atoms with van der Waals surface area (Å²) in [4.78, 5) is 22.3. The van der Waals surface area contributed by atoms with Crippen LogP contribution < -0.4 is 19.6 Å². The highest BCUT2D eigenvalue weighted by atomic mass is 32.1. The third kappa shape index (κ3) is 7.43. The van der Waals surface area contributed by atoms with E-state index < -0.39 is 12.4 Å². The number of hydrogen-bond donors (Lipinski definition) is 1. The molecule has 0 spiro atoms. The van der Waals surface area contributed by atoms with Gasteiger partial charge in [-0.15, -0.1) is 29.6 Å². The lowest BCUT2D eigenvalue weighted by Crippen LogP contribution is -2.27. The van der Waals surface area contributed by atoms with Crippen LogP contribution in [-0.2, 0) is 0 Å². The third-order valence-electron chi connectivity index (χ3n) is 7.01. The van der Waals surface area contributed by atoms with Crippen LogP contribution in [0.25, 0.3) is 22.8 Å². The number of halogens is 3. The number of aryl methyl sites for hydroxylation is 1. The lowest BCUT2D eigenvalue weighted by atomic mass is 10.0. The second-order valence-electron chi connectivity index (χ2n) is 10.5. The average Bonchev–Trinajstić information content (AvgIpc) is 3.63. The first-order valence-electron chi connectivity index (χ1n) is 14.0. The zero-order valence-electron chi connectivity index (χ0n) is 25.2. The number of thiazole rings is 1. The van der Waals surface area contributed by atoms with Crippen LogP contribution in [0.5, 0.6) is 11.5 Å². The van der Waals surface area contributed by atoms with Crippen molar-refractivity contribution in [3.8, 4) is 34.3 Å². The van der Waals surface area contributed by atoms with Gasteiger partial charge in [-0.1, -0.05) is 38.1 Å². The van der Waals surface area contributed by atoms with E-state index in [2.05, 4.69) is 39.0 Å². The molecule has 13 heteroatoms. The lowest BCUT2D eigenvalue weighted by molar-refractivity contribution is -0.274. The Morgan fingerprint density at radius 2 is 1.69 bits per heavy atom. The van der Waals surface area contributed by atoms with E-state index in [-0.39, 0.29) is 17.7 Å². The predicted molar refractivity (Wildman–Crippen MR) is 165 cm³/mol. The molecule has 0 radical (unpaired) electrons. The number of aromatic nitrogens is 4. The summed E-state index contributed by atoms with van der Waals surface area (Å²) in [5, 5.41) is 9.35. The number of carbonyl (C=O) groups excluding carboxylic acids is 1. The van der Waals surface area contributed by atoms with E-state index in [9.17, 15) is 18.0 Å². The van der Waals surface area contributed by atoms with E-state index >= 15 is 0 Å². The molecule has 1 atom stereocenters. The number of rotatable bonds is 8. The molecular weight excluding hydrogens is 605 g/mol. The van der Waals surface area contributed by atoms with Crippen LogP contribution >= 0.6 is 11.3 Å². The normalized spacial score (nSPS) is 12.8. The van der Waals surface area contributed by atoms with Crippen LogP contribution in [-0.4, -0.2) is 38.8 Å². The molecule has 2 amide bonds. The average molecular weight is 637 g/mol. The van der Waals surface area contributed by atoms with E-state index in [1.54, 1.807) is 7.11 Å². The number of nitrogens with zero attached hydrogens (tertiary/aromatic N) is 5. The smallest absolute Gasteiger partial charge is 0.497 e. The molecule has 2 heterocycles. The first kappa shape index (κ1) is 31.5. The molecular formula is C32H31F3N6O3S. The van der Waals surface area contributed by atoms with Crippen molar-refractivity contribution < 1.29 is 27.4 Å². The summed E-state index contributed by atoms with van der Waals surface area (Å²) in [6, 6.07) is 17.8. The van der Waals surface area contributed by atoms with Crippen LogP contribution in [0.3, 0.4) is 0 Å². The van der Waals surface area contributed by atoms with Gasteiger partial charge in [0.2, 0.25) is 0 Å². The van der Waals surface area contributed by atoms with E-state index in [4.69, 9.17) is 4.74 Å². The van der Waals surface area contributed by atoms with Crippen molar-refractivity contribution in [2.75, 3.05) is 7.11 Å². The Kier molecular flexibility index (Phi) is 9.09. The number of urea groups is 1. The van der Waals surface area contributed by atoms with Gasteiger partial charge in [0.05, 0.1) is 24.5 Å². The molecule has 0 aliphatic rings.